The summed E-state index contributed by atoms with van der Waals surface area (Å²) in [5.74, 6) is -1.19. The van der Waals surface area contributed by atoms with E-state index < -0.39 is 16.9 Å². The minimum absolute atomic E-state index is 0.0669. The van der Waals surface area contributed by atoms with Gasteiger partial charge in [-0.25, -0.2) is 0 Å². The number of hydrogen-bond acceptors (Lipinski definition) is 6. The summed E-state index contributed by atoms with van der Waals surface area (Å²) in [6.07, 6.45) is 0.0669. The highest BCUT2D eigenvalue weighted by molar-refractivity contribution is 5.73. The number of rotatable bonds is 7. The van der Waals surface area contributed by atoms with Gasteiger partial charge in [0.15, 0.2) is 11.5 Å². The predicted octanol–water partition coefficient (Wildman–Crippen LogP) is 1.83. The van der Waals surface area contributed by atoms with Crippen molar-refractivity contribution in [1.82, 2.24) is 0 Å². The first-order valence-corrected chi connectivity index (χ1v) is 7.04. The van der Waals surface area contributed by atoms with Crippen molar-refractivity contribution >= 4 is 11.7 Å². The summed E-state index contributed by atoms with van der Waals surface area (Å²) in [5, 5.41) is 29.6. The van der Waals surface area contributed by atoms with E-state index >= 15 is 0 Å². The van der Waals surface area contributed by atoms with E-state index in [1.807, 2.05) is 0 Å². The third-order valence-electron chi connectivity index (χ3n) is 3.37. The normalized spacial score (nSPS) is 11.7. The van der Waals surface area contributed by atoms with Crippen LogP contribution in [0.15, 0.2) is 42.5 Å². The fourth-order valence-corrected chi connectivity index (χ4v) is 2.11. The molecule has 126 valence electrons. The molecule has 24 heavy (non-hydrogen) atoms. The van der Waals surface area contributed by atoms with Crippen LogP contribution in [0.3, 0.4) is 0 Å². The molecule has 0 radical (unpaired) electrons. The smallest absolute Gasteiger partial charge is 0.320 e. The molecule has 2 aromatic rings. The third-order valence-corrected chi connectivity index (χ3v) is 3.37. The Morgan fingerprint density at radius 1 is 1.29 bits per heavy atom. The van der Waals surface area contributed by atoms with Gasteiger partial charge in [0.25, 0.3) is 5.69 Å². The molecule has 0 aromatic heterocycles. The zero-order chi connectivity index (χ0) is 17.7. The van der Waals surface area contributed by atoms with E-state index in [-0.39, 0.29) is 30.2 Å². The molecule has 8 nitrogen and oxygen atoms in total. The molecule has 2 rings (SSSR count). The number of carboxylic acid groups (broad SMARTS) is 1. The number of aliphatic carboxylic acids is 1. The molecule has 0 unspecified atom stereocenters. The van der Waals surface area contributed by atoms with Crippen molar-refractivity contribution in [1.29, 1.82) is 0 Å². The molecule has 0 aliphatic rings. The monoisotopic (exact) mass is 332 g/mol. The van der Waals surface area contributed by atoms with Crippen LogP contribution >= 0.6 is 0 Å². The van der Waals surface area contributed by atoms with Gasteiger partial charge >= 0.3 is 5.97 Å². The highest BCUT2D eigenvalue weighted by Crippen LogP contribution is 2.29. The van der Waals surface area contributed by atoms with Crippen molar-refractivity contribution < 1.29 is 24.7 Å². The number of phenolic OH excluding ortho intramolecular Hbond substituents is 1. The SMILES string of the molecule is N[C@@H](Cc1ccc(O)c(OCc2ccccc2[N+](=O)[O-])c1)C(=O)O. The first kappa shape index (κ1) is 17.2. The lowest BCUT2D eigenvalue weighted by molar-refractivity contribution is -0.385. The Morgan fingerprint density at radius 3 is 2.67 bits per heavy atom. The largest absolute Gasteiger partial charge is 0.504 e. The number of hydrogen-bond donors (Lipinski definition) is 3. The standard InChI is InChI=1S/C16H16N2O6/c17-12(16(20)21)7-10-5-6-14(19)15(8-10)24-9-11-3-1-2-4-13(11)18(22)23/h1-6,8,12,19H,7,9,17H2,(H,20,21)/t12-/m0/s1. The molecule has 4 N–H and O–H groups in total. The van der Waals surface area contributed by atoms with Crippen LogP contribution in [-0.4, -0.2) is 27.1 Å². The Hall–Kier alpha value is -3.13. The van der Waals surface area contributed by atoms with Crippen molar-refractivity contribution in [3.8, 4) is 11.5 Å². The molecular formula is C16H16N2O6. The van der Waals surface area contributed by atoms with Gasteiger partial charge in [0, 0.05) is 6.07 Å². The van der Waals surface area contributed by atoms with Crippen molar-refractivity contribution in [2.45, 2.75) is 19.1 Å². The number of aromatic hydroxyl groups is 1. The van der Waals surface area contributed by atoms with Crippen LogP contribution in [0.2, 0.25) is 0 Å². The Labute approximate surface area is 137 Å². The maximum Gasteiger partial charge on any atom is 0.320 e. The number of nitrogens with zero attached hydrogens (tertiary/aromatic N) is 1. The van der Waals surface area contributed by atoms with Crippen LogP contribution in [0.1, 0.15) is 11.1 Å². The van der Waals surface area contributed by atoms with E-state index in [0.717, 1.165) is 0 Å². The fraction of sp³-hybridized carbons (Fsp3) is 0.188. The number of para-hydroxylation sites is 1. The van der Waals surface area contributed by atoms with Gasteiger partial charge < -0.3 is 20.7 Å². The van der Waals surface area contributed by atoms with E-state index in [1.54, 1.807) is 18.2 Å². The molecule has 0 amide bonds. The van der Waals surface area contributed by atoms with Gasteiger partial charge in [-0.1, -0.05) is 18.2 Å². The number of benzene rings is 2. The Bertz CT molecular complexity index is 762. The predicted molar refractivity (Wildman–Crippen MR) is 84.9 cm³/mol. The highest BCUT2D eigenvalue weighted by Gasteiger charge is 2.16. The summed E-state index contributed by atoms with van der Waals surface area (Å²) in [5.41, 5.74) is 6.32. The number of carbonyl (C=O) groups is 1. The number of phenols is 1. The van der Waals surface area contributed by atoms with Crippen molar-refractivity contribution in [2.24, 2.45) is 5.73 Å². The number of ether oxygens (including phenoxy) is 1. The number of carboxylic acids is 1. The quantitative estimate of drug-likeness (QED) is 0.519. The summed E-state index contributed by atoms with van der Waals surface area (Å²) in [6, 6.07) is 9.40. The maximum absolute atomic E-state index is 11.0. The second-order valence-electron chi connectivity index (χ2n) is 5.13. The third kappa shape index (κ3) is 4.20. The molecule has 2 aromatic carbocycles. The Morgan fingerprint density at radius 2 is 2.00 bits per heavy atom. The second-order valence-corrected chi connectivity index (χ2v) is 5.13. The first-order valence-electron chi connectivity index (χ1n) is 7.04. The zero-order valence-corrected chi connectivity index (χ0v) is 12.6. The Balaban J connectivity index is 2.15. The molecule has 0 aliphatic carbocycles. The summed E-state index contributed by atoms with van der Waals surface area (Å²) < 4.78 is 5.45. The molecule has 8 heteroatoms. The summed E-state index contributed by atoms with van der Waals surface area (Å²) in [6.45, 7) is -0.112. The summed E-state index contributed by atoms with van der Waals surface area (Å²) >= 11 is 0. The molecule has 0 aliphatic heterocycles. The van der Waals surface area contributed by atoms with E-state index in [4.69, 9.17) is 15.6 Å². The number of nitro benzene ring substituents is 1. The van der Waals surface area contributed by atoms with Gasteiger partial charge in [-0.15, -0.1) is 0 Å². The van der Waals surface area contributed by atoms with Crippen molar-refractivity contribution in [3.63, 3.8) is 0 Å². The molecular weight excluding hydrogens is 316 g/mol. The maximum atomic E-state index is 11.0. The summed E-state index contributed by atoms with van der Waals surface area (Å²) in [7, 11) is 0. The first-order chi connectivity index (χ1) is 11.4. The molecule has 0 fully saturated rings. The lowest BCUT2D eigenvalue weighted by Crippen LogP contribution is -2.32. The van der Waals surface area contributed by atoms with Gasteiger partial charge in [0.1, 0.15) is 12.6 Å². The second kappa shape index (κ2) is 7.42. The molecule has 0 saturated carbocycles. The van der Waals surface area contributed by atoms with E-state index in [2.05, 4.69) is 0 Å². The minimum atomic E-state index is -1.13. The van der Waals surface area contributed by atoms with Gasteiger partial charge in [-0.3, -0.25) is 14.9 Å². The van der Waals surface area contributed by atoms with Crippen LogP contribution in [-0.2, 0) is 17.8 Å². The fourth-order valence-electron chi connectivity index (χ4n) is 2.11. The molecule has 0 bridgehead atoms. The average Bonchev–Trinajstić information content (AvgIpc) is 2.55. The highest BCUT2D eigenvalue weighted by atomic mass is 16.6. The van der Waals surface area contributed by atoms with Gasteiger partial charge in [0.05, 0.1) is 10.5 Å². The van der Waals surface area contributed by atoms with Gasteiger partial charge in [-0.05, 0) is 30.2 Å². The number of nitro groups is 1. The van der Waals surface area contributed by atoms with Crippen LogP contribution in [0.25, 0.3) is 0 Å². The lowest BCUT2D eigenvalue weighted by atomic mass is 10.1. The molecule has 1 atom stereocenters. The lowest BCUT2D eigenvalue weighted by Gasteiger charge is -2.11. The van der Waals surface area contributed by atoms with Crippen LogP contribution < -0.4 is 10.5 Å². The van der Waals surface area contributed by atoms with Crippen molar-refractivity contribution in [2.75, 3.05) is 0 Å². The van der Waals surface area contributed by atoms with Gasteiger partial charge in [-0.2, -0.15) is 0 Å². The van der Waals surface area contributed by atoms with Crippen LogP contribution in [0, 0.1) is 10.1 Å². The summed E-state index contributed by atoms with van der Waals surface area (Å²) in [4.78, 5) is 21.3. The molecule has 0 saturated heterocycles. The van der Waals surface area contributed by atoms with E-state index in [9.17, 15) is 20.0 Å². The topological polar surface area (TPSA) is 136 Å². The molecule has 0 heterocycles. The molecule has 0 spiro atoms. The Kier molecular flexibility index (Phi) is 5.33. The minimum Gasteiger partial charge on any atom is -0.504 e. The average molecular weight is 332 g/mol. The number of nitrogens with two attached hydrogens (primary N) is 1. The van der Waals surface area contributed by atoms with Gasteiger partial charge in [0.2, 0.25) is 0 Å². The zero-order valence-electron chi connectivity index (χ0n) is 12.6. The van der Waals surface area contributed by atoms with Crippen molar-refractivity contribution in [3.05, 3.63) is 63.7 Å². The van der Waals surface area contributed by atoms with Crippen LogP contribution in [0.5, 0.6) is 11.5 Å². The van der Waals surface area contributed by atoms with E-state index in [0.29, 0.717) is 11.1 Å². The van der Waals surface area contributed by atoms with E-state index in [1.165, 1.54) is 24.3 Å². The van der Waals surface area contributed by atoms with Crippen LogP contribution in [0.4, 0.5) is 5.69 Å².